The summed E-state index contributed by atoms with van der Waals surface area (Å²) in [4.78, 5) is 23.0. The Bertz CT molecular complexity index is 280. The van der Waals surface area contributed by atoms with E-state index in [0.29, 0.717) is 19.4 Å². The number of nitrogens with one attached hydrogen (secondary N) is 1. The van der Waals surface area contributed by atoms with Crippen LogP contribution in [0.25, 0.3) is 0 Å². The van der Waals surface area contributed by atoms with Crippen LogP contribution < -0.4 is 5.32 Å². The van der Waals surface area contributed by atoms with Gasteiger partial charge in [-0.25, -0.2) is 0 Å². The molecule has 1 saturated carbocycles. The molecule has 5 nitrogen and oxygen atoms in total. The molecule has 1 rings (SSSR count). The third kappa shape index (κ3) is 4.00. The maximum absolute atomic E-state index is 12.0. The molecule has 1 aliphatic carbocycles. The molecule has 17 heavy (non-hydrogen) atoms. The number of ether oxygens (including phenoxy) is 1. The zero-order valence-corrected chi connectivity index (χ0v) is 10.4. The topological polar surface area (TPSA) is 75.6 Å². The fourth-order valence-electron chi connectivity index (χ4n) is 2.38. The van der Waals surface area contributed by atoms with Crippen LogP contribution >= 0.6 is 0 Å². The third-order valence-corrected chi connectivity index (χ3v) is 3.23. The van der Waals surface area contributed by atoms with Gasteiger partial charge in [0.25, 0.3) is 0 Å². The largest absolute Gasteiger partial charge is 0.481 e. The van der Waals surface area contributed by atoms with Crippen molar-refractivity contribution in [1.29, 1.82) is 0 Å². The van der Waals surface area contributed by atoms with E-state index >= 15 is 0 Å². The van der Waals surface area contributed by atoms with Crippen LogP contribution in [-0.2, 0) is 14.3 Å². The predicted octanol–water partition coefficient (Wildman–Crippen LogP) is 1.03. The van der Waals surface area contributed by atoms with E-state index in [1.165, 1.54) is 0 Å². The van der Waals surface area contributed by atoms with Crippen LogP contribution in [0, 0.1) is 11.8 Å². The quantitative estimate of drug-likeness (QED) is 0.756. The maximum atomic E-state index is 12.0. The molecule has 3 atom stereocenters. The lowest BCUT2D eigenvalue weighted by molar-refractivity contribution is -0.149. The Labute approximate surface area is 102 Å². The number of hydrogen-bond acceptors (Lipinski definition) is 3. The number of carboxylic acid groups (broad SMARTS) is 1. The number of aliphatic carboxylic acids is 1. The molecule has 98 valence electrons. The van der Waals surface area contributed by atoms with Gasteiger partial charge in [0.1, 0.15) is 0 Å². The molecule has 0 radical (unpaired) electrons. The minimum atomic E-state index is -0.857. The highest BCUT2D eigenvalue weighted by atomic mass is 16.5. The van der Waals surface area contributed by atoms with E-state index in [4.69, 9.17) is 9.84 Å². The van der Waals surface area contributed by atoms with Crippen molar-refractivity contribution in [3.8, 4) is 0 Å². The molecule has 0 bridgehead atoms. The lowest BCUT2D eigenvalue weighted by Gasteiger charge is -2.28. The van der Waals surface area contributed by atoms with Crippen molar-refractivity contribution in [2.75, 3.05) is 13.7 Å². The van der Waals surface area contributed by atoms with Gasteiger partial charge in [0.05, 0.1) is 18.4 Å². The highest BCUT2D eigenvalue weighted by Gasteiger charge is 2.35. The number of carbonyl (C=O) groups excluding carboxylic acids is 1. The second kappa shape index (κ2) is 6.59. The highest BCUT2D eigenvalue weighted by molar-refractivity contribution is 5.85. The molecule has 0 aromatic rings. The molecule has 0 saturated heterocycles. The van der Waals surface area contributed by atoms with Gasteiger partial charge in [-0.3, -0.25) is 9.59 Å². The first kappa shape index (κ1) is 14.0. The van der Waals surface area contributed by atoms with Gasteiger partial charge >= 0.3 is 5.97 Å². The fraction of sp³-hybridized carbons (Fsp3) is 0.833. The van der Waals surface area contributed by atoms with Gasteiger partial charge in [-0.05, 0) is 19.8 Å². The lowest BCUT2D eigenvalue weighted by Crippen LogP contribution is -2.44. The molecule has 0 spiro atoms. The number of rotatable bonds is 5. The molecule has 1 unspecified atom stereocenters. The summed E-state index contributed by atoms with van der Waals surface area (Å²) in [7, 11) is 1.57. The second-order valence-electron chi connectivity index (χ2n) is 4.70. The lowest BCUT2D eigenvalue weighted by atomic mass is 9.78. The van der Waals surface area contributed by atoms with E-state index in [2.05, 4.69) is 5.32 Å². The first-order chi connectivity index (χ1) is 8.06. The van der Waals surface area contributed by atoms with E-state index in [1.807, 2.05) is 6.92 Å². The second-order valence-corrected chi connectivity index (χ2v) is 4.70. The van der Waals surface area contributed by atoms with E-state index in [9.17, 15) is 9.59 Å². The minimum absolute atomic E-state index is 0.0797. The zero-order chi connectivity index (χ0) is 12.8. The van der Waals surface area contributed by atoms with Crippen LogP contribution in [0.2, 0.25) is 0 Å². The number of amides is 1. The van der Waals surface area contributed by atoms with E-state index in [-0.39, 0.29) is 17.9 Å². The van der Waals surface area contributed by atoms with Crippen molar-refractivity contribution in [3.05, 3.63) is 0 Å². The Kier molecular flexibility index (Phi) is 5.41. The van der Waals surface area contributed by atoms with Gasteiger partial charge in [-0.1, -0.05) is 12.8 Å². The summed E-state index contributed by atoms with van der Waals surface area (Å²) in [5, 5.41) is 11.9. The summed E-state index contributed by atoms with van der Waals surface area (Å²) in [5.41, 5.74) is 0. The van der Waals surface area contributed by atoms with Crippen LogP contribution in [-0.4, -0.2) is 36.7 Å². The molecule has 1 amide bonds. The highest BCUT2D eigenvalue weighted by Crippen LogP contribution is 2.30. The summed E-state index contributed by atoms with van der Waals surface area (Å²) >= 11 is 0. The van der Waals surface area contributed by atoms with Gasteiger partial charge in [-0.2, -0.15) is 0 Å². The average Bonchev–Trinajstić information content (AvgIpc) is 2.29. The SMILES string of the molecule is COCC(C)NC(=O)[C@@H]1CCCC[C@@H]1C(=O)O. The van der Waals surface area contributed by atoms with E-state index in [1.54, 1.807) is 7.11 Å². The fourth-order valence-corrected chi connectivity index (χ4v) is 2.38. The number of hydrogen-bond donors (Lipinski definition) is 2. The first-order valence-corrected chi connectivity index (χ1v) is 6.08. The van der Waals surface area contributed by atoms with Gasteiger partial charge < -0.3 is 15.2 Å². The summed E-state index contributed by atoms with van der Waals surface area (Å²) in [6.07, 6.45) is 3.10. The molecule has 0 aromatic carbocycles. The summed E-state index contributed by atoms with van der Waals surface area (Å²) < 4.78 is 4.94. The standard InChI is InChI=1S/C12H21NO4/c1-8(7-17-2)13-11(14)9-5-3-4-6-10(9)12(15)16/h8-10H,3-7H2,1-2H3,(H,13,14)(H,15,16)/t8?,9-,10+/m1/s1. The van der Waals surface area contributed by atoms with Gasteiger partial charge in [0.2, 0.25) is 5.91 Å². The van der Waals surface area contributed by atoms with Crippen LogP contribution in [0.4, 0.5) is 0 Å². The number of carbonyl (C=O) groups is 2. The average molecular weight is 243 g/mol. The molecule has 0 aliphatic heterocycles. The van der Waals surface area contributed by atoms with Gasteiger partial charge in [0.15, 0.2) is 0 Å². The van der Waals surface area contributed by atoms with Crippen LogP contribution in [0.15, 0.2) is 0 Å². The molecular weight excluding hydrogens is 222 g/mol. The van der Waals surface area contributed by atoms with Crippen molar-refractivity contribution in [1.82, 2.24) is 5.32 Å². The Balaban J connectivity index is 2.56. The smallest absolute Gasteiger partial charge is 0.307 e. The van der Waals surface area contributed by atoms with Crippen molar-refractivity contribution in [3.63, 3.8) is 0 Å². The van der Waals surface area contributed by atoms with Gasteiger partial charge in [0, 0.05) is 13.2 Å². The van der Waals surface area contributed by atoms with Crippen molar-refractivity contribution < 1.29 is 19.4 Å². The maximum Gasteiger partial charge on any atom is 0.307 e. The van der Waals surface area contributed by atoms with Crippen molar-refractivity contribution in [2.45, 2.75) is 38.6 Å². The first-order valence-electron chi connectivity index (χ1n) is 6.08. The molecular formula is C12H21NO4. The van der Waals surface area contributed by atoms with Crippen LogP contribution in [0.5, 0.6) is 0 Å². The normalized spacial score (nSPS) is 26.2. The molecule has 2 N–H and O–H groups in total. The summed E-state index contributed by atoms with van der Waals surface area (Å²) in [5.74, 6) is -1.93. The summed E-state index contributed by atoms with van der Waals surface area (Å²) in [6.45, 7) is 2.29. The predicted molar refractivity (Wildman–Crippen MR) is 62.6 cm³/mol. The van der Waals surface area contributed by atoms with Crippen molar-refractivity contribution >= 4 is 11.9 Å². The minimum Gasteiger partial charge on any atom is -0.481 e. The zero-order valence-electron chi connectivity index (χ0n) is 10.4. The Morgan fingerprint density at radius 1 is 1.35 bits per heavy atom. The van der Waals surface area contributed by atoms with E-state index in [0.717, 1.165) is 12.8 Å². The van der Waals surface area contributed by atoms with Crippen LogP contribution in [0.1, 0.15) is 32.6 Å². The van der Waals surface area contributed by atoms with Crippen LogP contribution in [0.3, 0.4) is 0 Å². The molecule has 0 heterocycles. The molecule has 1 aliphatic rings. The van der Waals surface area contributed by atoms with E-state index < -0.39 is 11.9 Å². The monoisotopic (exact) mass is 243 g/mol. The molecule has 1 fully saturated rings. The Morgan fingerprint density at radius 2 is 1.94 bits per heavy atom. The Morgan fingerprint density at radius 3 is 2.47 bits per heavy atom. The number of methoxy groups -OCH3 is 1. The third-order valence-electron chi connectivity index (χ3n) is 3.23. The van der Waals surface area contributed by atoms with Crippen molar-refractivity contribution in [2.24, 2.45) is 11.8 Å². The summed E-state index contributed by atoms with van der Waals surface area (Å²) in [6, 6.07) is -0.0797. The number of carboxylic acids is 1. The molecule has 0 aromatic heterocycles. The Hall–Kier alpha value is -1.10. The van der Waals surface area contributed by atoms with Gasteiger partial charge in [-0.15, -0.1) is 0 Å². The molecule has 5 heteroatoms.